The minimum Gasteiger partial charge on any atom is -0.348 e. The zero-order chi connectivity index (χ0) is 24.5. The lowest BCUT2D eigenvalue weighted by Gasteiger charge is -2.28. The summed E-state index contributed by atoms with van der Waals surface area (Å²) in [6, 6.07) is 9.81. The number of aromatic nitrogens is 2. The minimum atomic E-state index is -0.741. The fourth-order valence-corrected chi connectivity index (χ4v) is 5.78. The number of hydrogen-bond donors (Lipinski definition) is 1. The average Bonchev–Trinajstić information content (AvgIpc) is 3.41. The quantitative estimate of drug-likeness (QED) is 0.452. The first kappa shape index (κ1) is 23.6. The van der Waals surface area contributed by atoms with Crippen LogP contribution in [0.4, 0.5) is 13.2 Å². The molecule has 1 N–H and O–H groups in total. The van der Waals surface area contributed by atoms with Crippen LogP contribution in [0.25, 0.3) is 5.69 Å². The summed E-state index contributed by atoms with van der Waals surface area (Å²) in [5, 5.41) is 7.71. The predicted octanol–water partition coefficient (Wildman–Crippen LogP) is 6.26. The Bertz CT molecular complexity index is 1230. The van der Waals surface area contributed by atoms with Gasteiger partial charge in [-0.15, -0.1) is 0 Å². The largest absolute Gasteiger partial charge is 0.348 e. The molecule has 0 saturated heterocycles. The van der Waals surface area contributed by atoms with E-state index in [1.807, 2.05) is 13.0 Å². The SMILES string of the molecule is CC(NC(=O)c1nn(-c2ccc(F)cc2F)c2c1CCC2Cc1cccc(F)c1)C1CCCCC1. The van der Waals surface area contributed by atoms with Crippen LogP contribution in [0.5, 0.6) is 0 Å². The van der Waals surface area contributed by atoms with Crippen LogP contribution in [-0.2, 0) is 12.8 Å². The first-order valence-electron chi connectivity index (χ1n) is 12.5. The number of rotatable bonds is 6. The molecule has 1 aromatic heterocycles. The summed E-state index contributed by atoms with van der Waals surface area (Å²) in [7, 11) is 0. The maximum absolute atomic E-state index is 14.8. The summed E-state index contributed by atoms with van der Waals surface area (Å²) in [4.78, 5) is 13.4. The third-order valence-electron chi connectivity index (χ3n) is 7.59. The van der Waals surface area contributed by atoms with Crippen molar-refractivity contribution in [3.05, 3.63) is 82.4 Å². The number of carbonyl (C=O) groups excluding carboxylic acids is 1. The van der Waals surface area contributed by atoms with E-state index in [9.17, 15) is 18.0 Å². The van der Waals surface area contributed by atoms with E-state index < -0.39 is 11.6 Å². The Morgan fingerprint density at radius 1 is 1.06 bits per heavy atom. The number of nitrogens with zero attached hydrogens (tertiary/aromatic N) is 2. The highest BCUT2D eigenvalue weighted by Crippen LogP contribution is 2.39. The molecule has 0 radical (unpaired) electrons. The Hall–Kier alpha value is -3.09. The molecule has 1 saturated carbocycles. The van der Waals surface area contributed by atoms with E-state index in [2.05, 4.69) is 10.4 Å². The molecule has 0 bridgehead atoms. The normalized spacial score (nSPS) is 18.9. The van der Waals surface area contributed by atoms with Gasteiger partial charge < -0.3 is 5.32 Å². The van der Waals surface area contributed by atoms with Crippen molar-refractivity contribution in [2.24, 2.45) is 5.92 Å². The van der Waals surface area contributed by atoms with Crippen molar-refractivity contribution in [2.75, 3.05) is 0 Å². The van der Waals surface area contributed by atoms with Gasteiger partial charge in [-0.3, -0.25) is 4.79 Å². The smallest absolute Gasteiger partial charge is 0.272 e. The van der Waals surface area contributed by atoms with Gasteiger partial charge in [-0.25, -0.2) is 17.9 Å². The van der Waals surface area contributed by atoms with Gasteiger partial charge in [0.1, 0.15) is 17.3 Å². The Morgan fingerprint density at radius 3 is 2.57 bits per heavy atom. The molecule has 2 unspecified atom stereocenters. The highest BCUT2D eigenvalue weighted by Gasteiger charge is 2.35. The molecule has 1 amide bonds. The molecular formula is C28H30F3N3O. The molecule has 5 rings (SSSR count). The Labute approximate surface area is 203 Å². The monoisotopic (exact) mass is 481 g/mol. The highest BCUT2D eigenvalue weighted by atomic mass is 19.1. The molecule has 1 heterocycles. The molecular weight excluding hydrogens is 451 g/mol. The molecule has 2 aliphatic rings. The topological polar surface area (TPSA) is 46.9 Å². The fourth-order valence-electron chi connectivity index (χ4n) is 5.78. The lowest BCUT2D eigenvalue weighted by Crippen LogP contribution is -2.39. The van der Waals surface area contributed by atoms with Crippen molar-refractivity contribution in [1.82, 2.24) is 15.1 Å². The summed E-state index contributed by atoms with van der Waals surface area (Å²) in [5.41, 5.74) is 2.77. The van der Waals surface area contributed by atoms with Gasteiger partial charge >= 0.3 is 0 Å². The molecule has 3 aromatic rings. The van der Waals surface area contributed by atoms with E-state index in [0.29, 0.717) is 24.5 Å². The molecule has 7 heteroatoms. The summed E-state index contributed by atoms with van der Waals surface area (Å²) in [6.07, 6.45) is 7.71. The zero-order valence-corrected chi connectivity index (χ0v) is 19.9. The van der Waals surface area contributed by atoms with Gasteiger partial charge in [0.05, 0.1) is 5.69 Å². The molecule has 0 spiro atoms. The number of benzene rings is 2. The number of nitrogens with one attached hydrogen (secondary N) is 1. The van der Waals surface area contributed by atoms with Crippen molar-refractivity contribution in [3.8, 4) is 5.69 Å². The Balaban J connectivity index is 1.50. The van der Waals surface area contributed by atoms with Crippen molar-refractivity contribution in [1.29, 1.82) is 0 Å². The number of carbonyl (C=O) groups is 1. The van der Waals surface area contributed by atoms with Gasteiger partial charge in [-0.1, -0.05) is 31.4 Å². The number of halogens is 3. The van der Waals surface area contributed by atoms with E-state index in [1.165, 1.54) is 48.2 Å². The Kier molecular flexibility index (Phi) is 6.67. The molecule has 2 aromatic carbocycles. The van der Waals surface area contributed by atoms with E-state index in [1.54, 1.807) is 6.07 Å². The molecule has 0 aliphatic heterocycles. The van der Waals surface area contributed by atoms with Crippen molar-refractivity contribution in [2.45, 2.75) is 70.3 Å². The molecule has 184 valence electrons. The Morgan fingerprint density at radius 2 is 1.83 bits per heavy atom. The van der Waals surface area contributed by atoms with Gasteiger partial charge in [0, 0.05) is 23.6 Å². The first-order chi connectivity index (χ1) is 16.9. The zero-order valence-electron chi connectivity index (χ0n) is 19.9. The van der Waals surface area contributed by atoms with Crippen LogP contribution in [0, 0.1) is 23.4 Å². The molecule has 2 atom stereocenters. The minimum absolute atomic E-state index is 0.0238. The summed E-state index contributed by atoms with van der Waals surface area (Å²) >= 11 is 0. The van der Waals surface area contributed by atoms with Gasteiger partial charge in [0.25, 0.3) is 5.91 Å². The van der Waals surface area contributed by atoms with Crippen molar-refractivity contribution in [3.63, 3.8) is 0 Å². The lowest BCUT2D eigenvalue weighted by molar-refractivity contribution is 0.0912. The average molecular weight is 482 g/mol. The number of fused-ring (bicyclic) bond motifs is 1. The molecule has 4 nitrogen and oxygen atoms in total. The number of hydrogen-bond acceptors (Lipinski definition) is 2. The van der Waals surface area contributed by atoms with Crippen LogP contribution in [0.15, 0.2) is 42.5 Å². The number of amides is 1. The van der Waals surface area contributed by atoms with Gasteiger partial charge in [-0.2, -0.15) is 5.10 Å². The van der Waals surface area contributed by atoms with Gasteiger partial charge in [0.15, 0.2) is 11.5 Å². The summed E-state index contributed by atoms with van der Waals surface area (Å²) in [5.74, 6) is -1.61. The second-order valence-corrected chi connectivity index (χ2v) is 9.95. The first-order valence-corrected chi connectivity index (χ1v) is 12.5. The predicted molar refractivity (Wildman–Crippen MR) is 128 cm³/mol. The summed E-state index contributed by atoms with van der Waals surface area (Å²) < 4.78 is 43.7. The second kappa shape index (κ2) is 9.88. The van der Waals surface area contributed by atoms with Gasteiger partial charge in [0.2, 0.25) is 0 Å². The highest BCUT2D eigenvalue weighted by molar-refractivity contribution is 5.94. The third kappa shape index (κ3) is 4.86. The van der Waals surface area contributed by atoms with Gasteiger partial charge in [-0.05, 0) is 74.8 Å². The van der Waals surface area contributed by atoms with Crippen molar-refractivity contribution < 1.29 is 18.0 Å². The van der Waals surface area contributed by atoms with Crippen LogP contribution in [-0.4, -0.2) is 21.7 Å². The second-order valence-electron chi connectivity index (χ2n) is 9.95. The van der Waals surface area contributed by atoms with Crippen LogP contribution in [0.2, 0.25) is 0 Å². The van der Waals surface area contributed by atoms with Crippen molar-refractivity contribution >= 4 is 5.91 Å². The van der Waals surface area contributed by atoms with E-state index in [4.69, 9.17) is 0 Å². The lowest BCUT2D eigenvalue weighted by atomic mass is 9.84. The maximum Gasteiger partial charge on any atom is 0.272 e. The van der Waals surface area contributed by atoms with E-state index in [0.717, 1.165) is 42.1 Å². The third-order valence-corrected chi connectivity index (χ3v) is 7.59. The summed E-state index contributed by atoms with van der Waals surface area (Å²) in [6.45, 7) is 2.04. The van der Waals surface area contributed by atoms with E-state index >= 15 is 0 Å². The fraction of sp³-hybridized carbons (Fsp3) is 0.429. The van der Waals surface area contributed by atoms with E-state index in [-0.39, 0.29) is 29.4 Å². The molecule has 1 fully saturated rings. The van der Waals surface area contributed by atoms with Crippen LogP contribution in [0.3, 0.4) is 0 Å². The van der Waals surface area contributed by atoms with Crippen LogP contribution >= 0.6 is 0 Å². The standard InChI is InChI=1S/C28H30F3N3O/c1-17(19-7-3-2-4-8-19)32-28(35)26-23-12-10-20(14-18-6-5-9-21(29)15-18)27(23)34(33-26)25-13-11-22(30)16-24(25)31/h5-6,9,11,13,15-17,19-20H,2-4,7-8,10,12,14H2,1H3,(H,32,35). The molecule has 35 heavy (non-hydrogen) atoms. The van der Waals surface area contributed by atoms with Crippen LogP contribution in [0.1, 0.15) is 78.7 Å². The van der Waals surface area contributed by atoms with Crippen LogP contribution < -0.4 is 5.32 Å². The molecule has 2 aliphatic carbocycles. The maximum atomic E-state index is 14.8.